The Morgan fingerprint density at radius 2 is 1.93 bits per heavy atom. The van der Waals surface area contributed by atoms with E-state index in [0.717, 1.165) is 25.8 Å². The zero-order chi connectivity index (χ0) is 11.7. The Labute approximate surface area is 93.5 Å². The molecule has 0 aromatic rings. The van der Waals surface area contributed by atoms with Crippen molar-refractivity contribution in [1.82, 2.24) is 4.90 Å². The fourth-order valence-electron chi connectivity index (χ4n) is 1.94. The second-order valence-electron chi connectivity index (χ2n) is 4.07. The fourth-order valence-corrected chi connectivity index (χ4v) is 1.94. The van der Waals surface area contributed by atoms with E-state index in [0.29, 0.717) is 6.04 Å². The van der Waals surface area contributed by atoms with Crippen molar-refractivity contribution in [3.05, 3.63) is 0 Å². The van der Waals surface area contributed by atoms with E-state index in [1.807, 2.05) is 0 Å². The average Bonchev–Trinajstić information content (AvgIpc) is 2.18. The molecule has 0 aliphatic heterocycles. The Morgan fingerprint density at radius 1 is 1.27 bits per heavy atom. The average molecular weight is 215 g/mol. The summed E-state index contributed by atoms with van der Waals surface area (Å²) >= 11 is 0. The van der Waals surface area contributed by atoms with Gasteiger partial charge in [0.05, 0.1) is 6.54 Å². The number of carboxylic acids is 1. The maximum Gasteiger partial charge on any atom is 0.317 e. The lowest BCUT2D eigenvalue weighted by molar-refractivity contribution is -0.139. The van der Waals surface area contributed by atoms with E-state index in [-0.39, 0.29) is 6.54 Å². The van der Waals surface area contributed by atoms with Crippen LogP contribution in [0.4, 0.5) is 0 Å². The Hall–Kier alpha value is -0.570. The van der Waals surface area contributed by atoms with Crippen molar-refractivity contribution < 1.29 is 9.90 Å². The van der Waals surface area contributed by atoms with Crippen molar-refractivity contribution in [2.75, 3.05) is 13.1 Å². The quantitative estimate of drug-likeness (QED) is 0.643. The molecule has 0 saturated heterocycles. The number of aliphatic carboxylic acids is 1. The summed E-state index contributed by atoms with van der Waals surface area (Å²) in [4.78, 5) is 12.8. The first kappa shape index (κ1) is 14.4. The minimum Gasteiger partial charge on any atom is -0.480 e. The Bertz CT molecular complexity index is 171. The minimum absolute atomic E-state index is 0.191. The molecule has 0 radical (unpaired) electrons. The molecule has 0 rings (SSSR count). The highest BCUT2D eigenvalue weighted by Crippen LogP contribution is 2.12. The van der Waals surface area contributed by atoms with Gasteiger partial charge in [-0.25, -0.2) is 0 Å². The lowest BCUT2D eigenvalue weighted by Crippen LogP contribution is -2.39. The van der Waals surface area contributed by atoms with E-state index < -0.39 is 5.97 Å². The molecule has 1 unspecified atom stereocenters. The summed E-state index contributed by atoms with van der Waals surface area (Å²) in [7, 11) is 0. The maximum absolute atomic E-state index is 10.7. The van der Waals surface area contributed by atoms with Crippen molar-refractivity contribution in [1.29, 1.82) is 0 Å². The van der Waals surface area contributed by atoms with Crippen molar-refractivity contribution in [3.63, 3.8) is 0 Å². The molecule has 0 aromatic heterocycles. The highest BCUT2D eigenvalue weighted by molar-refractivity contribution is 5.69. The second-order valence-corrected chi connectivity index (χ2v) is 4.07. The normalized spacial score (nSPS) is 13.1. The molecule has 1 N–H and O–H groups in total. The summed E-state index contributed by atoms with van der Waals surface area (Å²) in [5, 5.41) is 8.84. The summed E-state index contributed by atoms with van der Waals surface area (Å²) in [5.74, 6) is -0.710. The van der Waals surface area contributed by atoms with Crippen LogP contribution in [0.1, 0.15) is 52.9 Å². The van der Waals surface area contributed by atoms with Gasteiger partial charge in [0.1, 0.15) is 0 Å². The number of nitrogens with zero attached hydrogens (tertiary/aromatic N) is 1. The Balaban J connectivity index is 4.18. The SMILES string of the molecule is CCCCC(CC)N(CCC)CC(=O)O. The molecule has 0 saturated carbocycles. The molecule has 0 spiro atoms. The van der Waals surface area contributed by atoms with Crippen LogP contribution in [0.15, 0.2) is 0 Å². The van der Waals surface area contributed by atoms with Crippen LogP contribution in [0.25, 0.3) is 0 Å². The molecule has 0 amide bonds. The smallest absolute Gasteiger partial charge is 0.317 e. The third-order valence-electron chi connectivity index (χ3n) is 2.73. The molecule has 90 valence electrons. The Kier molecular flexibility index (Phi) is 8.38. The Morgan fingerprint density at radius 3 is 2.33 bits per heavy atom. The standard InChI is InChI=1S/C12H25NO2/c1-4-7-8-11(6-3)13(9-5-2)10-12(14)15/h11H,4-10H2,1-3H3,(H,14,15). The van der Waals surface area contributed by atoms with E-state index in [9.17, 15) is 4.79 Å². The first-order valence-electron chi connectivity index (χ1n) is 6.11. The number of hydrogen-bond acceptors (Lipinski definition) is 2. The van der Waals surface area contributed by atoms with Gasteiger partial charge in [-0.1, -0.05) is 33.6 Å². The summed E-state index contributed by atoms with van der Waals surface area (Å²) in [6, 6.07) is 0.445. The van der Waals surface area contributed by atoms with Gasteiger partial charge in [0.15, 0.2) is 0 Å². The first-order chi connectivity index (χ1) is 7.15. The second kappa shape index (κ2) is 8.72. The predicted octanol–water partition coefficient (Wildman–Crippen LogP) is 2.75. The number of carbonyl (C=O) groups is 1. The van der Waals surface area contributed by atoms with Gasteiger partial charge in [-0.05, 0) is 25.8 Å². The van der Waals surface area contributed by atoms with Crippen LogP contribution in [0.5, 0.6) is 0 Å². The molecule has 1 atom stereocenters. The topological polar surface area (TPSA) is 40.5 Å². The van der Waals surface area contributed by atoms with E-state index >= 15 is 0 Å². The molecular formula is C12H25NO2. The van der Waals surface area contributed by atoms with Crippen LogP contribution in [-0.4, -0.2) is 35.1 Å². The monoisotopic (exact) mass is 215 g/mol. The molecule has 0 aromatic carbocycles. The highest BCUT2D eigenvalue weighted by atomic mass is 16.4. The predicted molar refractivity (Wildman–Crippen MR) is 63.1 cm³/mol. The molecule has 0 aliphatic rings. The zero-order valence-electron chi connectivity index (χ0n) is 10.3. The summed E-state index contributed by atoms with van der Waals surface area (Å²) in [5.41, 5.74) is 0. The summed E-state index contributed by atoms with van der Waals surface area (Å²) < 4.78 is 0. The van der Waals surface area contributed by atoms with E-state index in [1.54, 1.807) is 0 Å². The van der Waals surface area contributed by atoms with Crippen LogP contribution in [0.3, 0.4) is 0 Å². The zero-order valence-corrected chi connectivity index (χ0v) is 10.3. The van der Waals surface area contributed by atoms with Gasteiger partial charge in [-0.15, -0.1) is 0 Å². The summed E-state index contributed by atoms with van der Waals surface area (Å²) in [6.45, 7) is 7.50. The molecule has 0 aliphatic carbocycles. The fraction of sp³-hybridized carbons (Fsp3) is 0.917. The molecule has 0 fully saturated rings. The molecule has 0 bridgehead atoms. The van der Waals surface area contributed by atoms with Crippen molar-refractivity contribution in [2.45, 2.75) is 58.9 Å². The van der Waals surface area contributed by atoms with Crippen molar-refractivity contribution in [3.8, 4) is 0 Å². The molecule has 0 heterocycles. The third kappa shape index (κ3) is 6.50. The van der Waals surface area contributed by atoms with Crippen LogP contribution in [0.2, 0.25) is 0 Å². The van der Waals surface area contributed by atoms with E-state index in [1.165, 1.54) is 12.8 Å². The molecule has 3 heteroatoms. The number of rotatable bonds is 9. The highest BCUT2D eigenvalue weighted by Gasteiger charge is 2.17. The van der Waals surface area contributed by atoms with Crippen molar-refractivity contribution >= 4 is 5.97 Å². The molecule has 3 nitrogen and oxygen atoms in total. The minimum atomic E-state index is -0.710. The van der Waals surface area contributed by atoms with Gasteiger partial charge in [-0.2, -0.15) is 0 Å². The van der Waals surface area contributed by atoms with Gasteiger partial charge in [0.25, 0.3) is 0 Å². The number of carboxylic acid groups (broad SMARTS) is 1. The summed E-state index contributed by atoms with van der Waals surface area (Å²) in [6.07, 6.45) is 5.57. The lowest BCUT2D eigenvalue weighted by Gasteiger charge is -2.29. The van der Waals surface area contributed by atoms with Crippen LogP contribution in [-0.2, 0) is 4.79 Å². The van der Waals surface area contributed by atoms with Crippen LogP contribution in [0, 0.1) is 0 Å². The van der Waals surface area contributed by atoms with Crippen molar-refractivity contribution in [2.24, 2.45) is 0 Å². The number of unbranched alkanes of at least 4 members (excludes halogenated alkanes) is 1. The van der Waals surface area contributed by atoms with E-state index in [4.69, 9.17) is 5.11 Å². The number of hydrogen-bond donors (Lipinski definition) is 1. The van der Waals surface area contributed by atoms with Crippen LogP contribution >= 0.6 is 0 Å². The van der Waals surface area contributed by atoms with Gasteiger partial charge < -0.3 is 5.11 Å². The lowest BCUT2D eigenvalue weighted by atomic mass is 10.1. The molecule has 15 heavy (non-hydrogen) atoms. The molecular weight excluding hydrogens is 190 g/mol. The first-order valence-corrected chi connectivity index (χ1v) is 6.11. The van der Waals surface area contributed by atoms with Crippen LogP contribution < -0.4 is 0 Å². The largest absolute Gasteiger partial charge is 0.480 e. The van der Waals surface area contributed by atoms with Gasteiger partial charge in [0, 0.05) is 6.04 Å². The van der Waals surface area contributed by atoms with Gasteiger partial charge in [0.2, 0.25) is 0 Å². The van der Waals surface area contributed by atoms with E-state index in [2.05, 4.69) is 25.7 Å². The maximum atomic E-state index is 10.7. The van der Waals surface area contributed by atoms with Gasteiger partial charge >= 0.3 is 5.97 Å². The van der Waals surface area contributed by atoms with Gasteiger partial charge in [-0.3, -0.25) is 9.69 Å². The third-order valence-corrected chi connectivity index (χ3v) is 2.73.